The summed E-state index contributed by atoms with van der Waals surface area (Å²) < 4.78 is 0. The minimum atomic E-state index is 0.815. The molecule has 0 aliphatic rings. The molecule has 0 aromatic rings. The summed E-state index contributed by atoms with van der Waals surface area (Å²) in [7, 11) is 4.58. The standard InChI is InChI=1S/C35H71N/c1-5-7-9-11-13-14-15-16-17-18-19-20-21-22-23-24-25-26-28-30-32-34-35(36(3)4)33-31-29-27-12-10-8-6-2/h18-19,35H,5-17,20-34H2,1-4H3/b19-18-. The first-order chi connectivity index (χ1) is 17.7. The Morgan fingerprint density at radius 3 is 0.972 bits per heavy atom. The van der Waals surface area contributed by atoms with Gasteiger partial charge in [0.05, 0.1) is 0 Å². The Bertz CT molecular complexity index is 413. The third-order valence-corrected chi connectivity index (χ3v) is 8.17. The molecular formula is C35H71N. The van der Waals surface area contributed by atoms with Crippen molar-refractivity contribution >= 4 is 0 Å². The van der Waals surface area contributed by atoms with E-state index >= 15 is 0 Å². The van der Waals surface area contributed by atoms with Crippen molar-refractivity contribution in [3.05, 3.63) is 12.2 Å². The molecule has 0 fully saturated rings. The molecular weight excluding hydrogens is 434 g/mol. The Labute approximate surface area is 230 Å². The lowest BCUT2D eigenvalue weighted by Crippen LogP contribution is -2.27. The van der Waals surface area contributed by atoms with E-state index in [2.05, 4.69) is 45.0 Å². The molecule has 1 unspecified atom stereocenters. The highest BCUT2D eigenvalue weighted by molar-refractivity contribution is 4.81. The Morgan fingerprint density at radius 1 is 0.389 bits per heavy atom. The molecule has 0 aliphatic heterocycles. The van der Waals surface area contributed by atoms with Crippen LogP contribution in [0.15, 0.2) is 12.2 Å². The van der Waals surface area contributed by atoms with E-state index in [4.69, 9.17) is 0 Å². The summed E-state index contributed by atoms with van der Waals surface area (Å²) in [5, 5.41) is 0. The highest BCUT2D eigenvalue weighted by Gasteiger charge is 2.10. The lowest BCUT2D eigenvalue weighted by Gasteiger charge is -2.24. The van der Waals surface area contributed by atoms with Crippen molar-refractivity contribution in [3.8, 4) is 0 Å². The number of hydrogen-bond donors (Lipinski definition) is 0. The number of hydrogen-bond acceptors (Lipinski definition) is 1. The van der Waals surface area contributed by atoms with Gasteiger partial charge in [-0.05, 0) is 52.6 Å². The first-order valence-electron chi connectivity index (χ1n) is 17.0. The fourth-order valence-corrected chi connectivity index (χ4v) is 5.51. The van der Waals surface area contributed by atoms with Crippen LogP contribution in [0, 0.1) is 0 Å². The van der Waals surface area contributed by atoms with Gasteiger partial charge in [0.1, 0.15) is 0 Å². The van der Waals surface area contributed by atoms with Crippen molar-refractivity contribution < 1.29 is 0 Å². The van der Waals surface area contributed by atoms with Crippen LogP contribution >= 0.6 is 0 Å². The van der Waals surface area contributed by atoms with Crippen LogP contribution in [0.3, 0.4) is 0 Å². The van der Waals surface area contributed by atoms with Gasteiger partial charge < -0.3 is 4.90 Å². The third-order valence-electron chi connectivity index (χ3n) is 8.17. The molecule has 0 amide bonds. The van der Waals surface area contributed by atoms with E-state index in [1.54, 1.807) is 0 Å². The average Bonchev–Trinajstić information content (AvgIpc) is 2.87. The van der Waals surface area contributed by atoms with E-state index in [1.807, 2.05) is 0 Å². The summed E-state index contributed by atoms with van der Waals surface area (Å²) in [6.45, 7) is 4.61. The van der Waals surface area contributed by atoms with Gasteiger partial charge in [0.2, 0.25) is 0 Å². The molecule has 0 radical (unpaired) electrons. The van der Waals surface area contributed by atoms with Crippen molar-refractivity contribution in [1.29, 1.82) is 0 Å². The summed E-state index contributed by atoms with van der Waals surface area (Å²) in [4.78, 5) is 2.49. The summed E-state index contributed by atoms with van der Waals surface area (Å²) in [6.07, 6.45) is 44.8. The fraction of sp³-hybridized carbons (Fsp3) is 0.943. The number of rotatable bonds is 30. The van der Waals surface area contributed by atoms with Crippen LogP contribution < -0.4 is 0 Å². The summed E-state index contributed by atoms with van der Waals surface area (Å²) >= 11 is 0. The molecule has 0 rings (SSSR count). The van der Waals surface area contributed by atoms with Gasteiger partial charge in [-0.1, -0.05) is 167 Å². The van der Waals surface area contributed by atoms with Crippen LogP contribution in [-0.2, 0) is 0 Å². The molecule has 216 valence electrons. The second kappa shape index (κ2) is 30.9. The monoisotopic (exact) mass is 506 g/mol. The molecule has 0 bridgehead atoms. The van der Waals surface area contributed by atoms with Crippen molar-refractivity contribution in [1.82, 2.24) is 4.90 Å². The van der Waals surface area contributed by atoms with Crippen molar-refractivity contribution in [3.63, 3.8) is 0 Å². The van der Waals surface area contributed by atoms with Gasteiger partial charge in [-0.15, -0.1) is 0 Å². The molecule has 1 heteroatoms. The summed E-state index contributed by atoms with van der Waals surface area (Å²) in [5.41, 5.74) is 0. The molecule has 0 spiro atoms. The number of unbranched alkanes of at least 4 members (excludes halogenated alkanes) is 23. The van der Waals surface area contributed by atoms with Crippen LogP contribution in [0.5, 0.6) is 0 Å². The lowest BCUT2D eigenvalue weighted by molar-refractivity contribution is 0.251. The Morgan fingerprint density at radius 2 is 0.667 bits per heavy atom. The predicted molar refractivity (Wildman–Crippen MR) is 167 cm³/mol. The SMILES string of the molecule is CCCCCCCCCC/C=C\CCCCCCCCCCCC(CCCCCCCCC)N(C)C. The van der Waals surface area contributed by atoms with Gasteiger partial charge in [0.15, 0.2) is 0 Å². The minimum absolute atomic E-state index is 0.815. The summed E-state index contributed by atoms with van der Waals surface area (Å²) in [6, 6.07) is 0.815. The Hall–Kier alpha value is -0.300. The minimum Gasteiger partial charge on any atom is -0.306 e. The molecule has 0 saturated carbocycles. The zero-order valence-electron chi connectivity index (χ0n) is 26.0. The number of nitrogens with zero attached hydrogens (tertiary/aromatic N) is 1. The lowest BCUT2D eigenvalue weighted by atomic mass is 9.99. The van der Waals surface area contributed by atoms with Crippen molar-refractivity contribution in [2.75, 3.05) is 14.1 Å². The predicted octanol–water partition coefficient (Wildman–Crippen LogP) is 12.4. The topological polar surface area (TPSA) is 3.24 Å². The van der Waals surface area contributed by atoms with Crippen LogP contribution in [-0.4, -0.2) is 25.0 Å². The molecule has 0 aliphatic carbocycles. The fourth-order valence-electron chi connectivity index (χ4n) is 5.51. The van der Waals surface area contributed by atoms with Crippen LogP contribution in [0.1, 0.15) is 194 Å². The van der Waals surface area contributed by atoms with E-state index < -0.39 is 0 Å². The van der Waals surface area contributed by atoms with E-state index in [0.717, 1.165) is 6.04 Å². The van der Waals surface area contributed by atoms with Crippen LogP contribution in [0.2, 0.25) is 0 Å². The van der Waals surface area contributed by atoms with Crippen LogP contribution in [0.25, 0.3) is 0 Å². The first-order valence-corrected chi connectivity index (χ1v) is 17.0. The highest BCUT2D eigenvalue weighted by Crippen LogP contribution is 2.18. The summed E-state index contributed by atoms with van der Waals surface area (Å²) in [5.74, 6) is 0. The molecule has 36 heavy (non-hydrogen) atoms. The maximum Gasteiger partial charge on any atom is 0.00891 e. The molecule has 1 atom stereocenters. The van der Waals surface area contributed by atoms with Gasteiger partial charge in [-0.25, -0.2) is 0 Å². The smallest absolute Gasteiger partial charge is 0.00891 e. The zero-order chi connectivity index (χ0) is 26.4. The molecule has 0 N–H and O–H groups in total. The molecule has 1 nitrogen and oxygen atoms in total. The normalized spacial score (nSPS) is 12.8. The Balaban J connectivity index is 3.35. The quantitative estimate of drug-likeness (QED) is 0.0692. The van der Waals surface area contributed by atoms with Crippen molar-refractivity contribution in [2.45, 2.75) is 200 Å². The van der Waals surface area contributed by atoms with Crippen LogP contribution in [0.4, 0.5) is 0 Å². The van der Waals surface area contributed by atoms with E-state index in [9.17, 15) is 0 Å². The molecule has 0 heterocycles. The van der Waals surface area contributed by atoms with Gasteiger partial charge in [0, 0.05) is 6.04 Å². The average molecular weight is 506 g/mol. The number of allylic oxidation sites excluding steroid dienone is 2. The van der Waals surface area contributed by atoms with Gasteiger partial charge in [0.25, 0.3) is 0 Å². The largest absolute Gasteiger partial charge is 0.306 e. The maximum absolute atomic E-state index is 2.49. The van der Waals surface area contributed by atoms with Crippen molar-refractivity contribution in [2.24, 2.45) is 0 Å². The maximum atomic E-state index is 2.49. The van der Waals surface area contributed by atoms with E-state index in [1.165, 1.54) is 180 Å². The van der Waals surface area contributed by atoms with E-state index in [-0.39, 0.29) is 0 Å². The molecule has 0 saturated heterocycles. The third kappa shape index (κ3) is 28.3. The van der Waals surface area contributed by atoms with Gasteiger partial charge in [-0.2, -0.15) is 0 Å². The first kappa shape index (κ1) is 35.7. The van der Waals surface area contributed by atoms with Gasteiger partial charge in [-0.3, -0.25) is 0 Å². The zero-order valence-corrected chi connectivity index (χ0v) is 26.0. The van der Waals surface area contributed by atoms with Gasteiger partial charge >= 0.3 is 0 Å². The highest BCUT2D eigenvalue weighted by atomic mass is 15.1. The molecule has 0 aromatic heterocycles. The Kier molecular flexibility index (Phi) is 30.7. The second-order valence-corrected chi connectivity index (χ2v) is 12.0. The van der Waals surface area contributed by atoms with E-state index in [0.29, 0.717) is 0 Å². The molecule has 0 aromatic carbocycles. The second-order valence-electron chi connectivity index (χ2n) is 12.0.